The summed E-state index contributed by atoms with van der Waals surface area (Å²) in [4.78, 5) is 28.4. The van der Waals surface area contributed by atoms with Gasteiger partial charge in [-0.25, -0.2) is 19.6 Å². The molecule has 2 aromatic heterocycles. The fraction of sp³-hybridized carbons (Fsp3) is 0.526. The van der Waals surface area contributed by atoms with Crippen LogP contribution in [0.4, 0.5) is 32.2 Å². The fourth-order valence-electron chi connectivity index (χ4n) is 2.94. The molecule has 35 heavy (non-hydrogen) atoms. The SMILES string of the molecule is CCOCC1CN(c2ccncn2)Cc2cnn(CC)c21.O=C(O)C(F)(F)F.O=C(O)C(F)(F)F. The van der Waals surface area contributed by atoms with Crippen molar-refractivity contribution in [1.82, 2.24) is 19.7 Å². The van der Waals surface area contributed by atoms with Gasteiger partial charge in [-0.2, -0.15) is 31.4 Å². The third kappa shape index (κ3) is 9.38. The minimum atomic E-state index is -5.08. The Hall–Kier alpha value is -3.43. The number of aryl methyl sites for hydroxylation is 1. The molecule has 3 heterocycles. The molecule has 3 rings (SSSR count). The minimum absolute atomic E-state index is 0.325. The molecular weight excluding hydrogens is 492 g/mol. The van der Waals surface area contributed by atoms with Gasteiger partial charge >= 0.3 is 24.3 Å². The molecule has 16 heteroatoms. The Kier molecular flexibility index (Phi) is 10.9. The van der Waals surface area contributed by atoms with E-state index in [2.05, 4.69) is 31.6 Å². The number of hydrogen-bond donors (Lipinski definition) is 2. The van der Waals surface area contributed by atoms with Crippen LogP contribution in [-0.4, -0.2) is 74.0 Å². The molecule has 0 saturated heterocycles. The van der Waals surface area contributed by atoms with Crippen molar-refractivity contribution in [2.45, 2.75) is 45.2 Å². The number of fused-ring (bicyclic) bond motifs is 1. The van der Waals surface area contributed by atoms with Gasteiger partial charge < -0.3 is 19.8 Å². The number of carbonyl (C=O) groups is 2. The average Bonchev–Trinajstić information content (AvgIpc) is 3.21. The first-order valence-corrected chi connectivity index (χ1v) is 9.95. The van der Waals surface area contributed by atoms with E-state index in [9.17, 15) is 26.3 Å². The van der Waals surface area contributed by atoms with Crippen LogP contribution in [0.1, 0.15) is 31.0 Å². The lowest BCUT2D eigenvalue weighted by Crippen LogP contribution is -2.36. The van der Waals surface area contributed by atoms with E-state index in [1.807, 2.05) is 19.2 Å². The third-order valence-electron chi connectivity index (χ3n) is 4.35. The van der Waals surface area contributed by atoms with Crippen molar-refractivity contribution in [2.75, 3.05) is 24.7 Å². The number of anilines is 1. The third-order valence-corrected chi connectivity index (χ3v) is 4.35. The number of halogens is 6. The van der Waals surface area contributed by atoms with Crippen molar-refractivity contribution in [2.24, 2.45) is 0 Å². The van der Waals surface area contributed by atoms with Crippen molar-refractivity contribution < 1.29 is 50.9 Å². The maximum absolute atomic E-state index is 10.6. The van der Waals surface area contributed by atoms with Crippen LogP contribution in [-0.2, 0) is 27.4 Å². The summed E-state index contributed by atoms with van der Waals surface area (Å²) < 4.78 is 71.2. The number of rotatable bonds is 5. The van der Waals surface area contributed by atoms with E-state index in [1.54, 1.807) is 12.5 Å². The summed E-state index contributed by atoms with van der Waals surface area (Å²) in [6, 6.07) is 1.95. The highest BCUT2D eigenvalue weighted by atomic mass is 19.4. The van der Waals surface area contributed by atoms with E-state index in [-0.39, 0.29) is 0 Å². The molecule has 1 atom stereocenters. The lowest BCUT2D eigenvalue weighted by molar-refractivity contribution is -0.193. The Morgan fingerprint density at radius 1 is 1.11 bits per heavy atom. The van der Waals surface area contributed by atoms with E-state index in [4.69, 9.17) is 24.5 Å². The zero-order chi connectivity index (χ0) is 26.8. The molecule has 0 aliphatic carbocycles. The lowest BCUT2D eigenvalue weighted by Gasteiger charge is -2.34. The first-order chi connectivity index (χ1) is 16.2. The van der Waals surface area contributed by atoms with Crippen LogP contribution < -0.4 is 4.90 Å². The molecule has 2 aromatic rings. The number of nitrogens with zero attached hydrogens (tertiary/aromatic N) is 5. The summed E-state index contributed by atoms with van der Waals surface area (Å²) >= 11 is 0. The number of carboxylic acids is 2. The van der Waals surface area contributed by atoms with E-state index in [1.165, 1.54) is 11.3 Å². The fourth-order valence-corrected chi connectivity index (χ4v) is 2.94. The zero-order valence-corrected chi connectivity index (χ0v) is 18.5. The first kappa shape index (κ1) is 29.6. The topological polar surface area (TPSA) is 131 Å². The number of carboxylic acid groups (broad SMARTS) is 2. The van der Waals surface area contributed by atoms with Gasteiger partial charge in [-0.3, -0.25) is 4.68 Å². The van der Waals surface area contributed by atoms with E-state index in [0.29, 0.717) is 5.92 Å². The summed E-state index contributed by atoms with van der Waals surface area (Å²) in [5.74, 6) is -4.23. The molecule has 2 N–H and O–H groups in total. The van der Waals surface area contributed by atoms with Crippen molar-refractivity contribution >= 4 is 17.8 Å². The van der Waals surface area contributed by atoms with Gasteiger partial charge in [0.2, 0.25) is 0 Å². The van der Waals surface area contributed by atoms with Gasteiger partial charge in [0.25, 0.3) is 0 Å². The highest BCUT2D eigenvalue weighted by Crippen LogP contribution is 2.30. The van der Waals surface area contributed by atoms with E-state index in [0.717, 1.165) is 38.7 Å². The molecule has 196 valence electrons. The first-order valence-electron chi connectivity index (χ1n) is 9.95. The predicted octanol–water partition coefficient (Wildman–Crippen LogP) is 3.10. The monoisotopic (exact) mass is 515 g/mol. The van der Waals surface area contributed by atoms with Gasteiger partial charge in [0.15, 0.2) is 0 Å². The molecule has 0 aromatic carbocycles. The second-order valence-electron chi connectivity index (χ2n) is 6.78. The van der Waals surface area contributed by atoms with Crippen molar-refractivity contribution in [3.8, 4) is 0 Å². The van der Waals surface area contributed by atoms with Gasteiger partial charge in [-0.05, 0) is 19.9 Å². The summed E-state index contributed by atoms with van der Waals surface area (Å²) in [5.41, 5.74) is 2.59. The van der Waals surface area contributed by atoms with E-state index < -0.39 is 24.3 Å². The van der Waals surface area contributed by atoms with Crippen LogP contribution >= 0.6 is 0 Å². The van der Waals surface area contributed by atoms with Gasteiger partial charge in [0.05, 0.1) is 18.5 Å². The second-order valence-corrected chi connectivity index (χ2v) is 6.78. The number of aromatic nitrogens is 4. The molecule has 0 bridgehead atoms. The molecule has 0 spiro atoms. The highest BCUT2D eigenvalue weighted by molar-refractivity contribution is 5.73. The smallest absolute Gasteiger partial charge is 0.475 e. The number of ether oxygens (including phenoxy) is 1. The molecular formula is C19H23F6N5O5. The van der Waals surface area contributed by atoms with Crippen LogP contribution in [0.5, 0.6) is 0 Å². The molecule has 0 saturated carbocycles. The molecule has 0 radical (unpaired) electrons. The maximum atomic E-state index is 10.6. The Bertz CT molecular complexity index is 928. The van der Waals surface area contributed by atoms with Crippen LogP contribution in [0.2, 0.25) is 0 Å². The Balaban J connectivity index is 0.000000362. The maximum Gasteiger partial charge on any atom is 0.490 e. The summed E-state index contributed by atoms with van der Waals surface area (Å²) in [6.45, 7) is 8.25. The molecule has 10 nitrogen and oxygen atoms in total. The van der Waals surface area contributed by atoms with Crippen molar-refractivity contribution in [3.05, 3.63) is 36.0 Å². The summed E-state index contributed by atoms with van der Waals surface area (Å²) in [7, 11) is 0. The van der Waals surface area contributed by atoms with Gasteiger partial charge in [0, 0.05) is 43.9 Å². The van der Waals surface area contributed by atoms with Crippen LogP contribution in [0, 0.1) is 0 Å². The zero-order valence-electron chi connectivity index (χ0n) is 18.5. The Morgan fingerprint density at radius 3 is 2.11 bits per heavy atom. The normalized spacial score (nSPS) is 15.2. The Labute approximate surface area is 195 Å². The molecule has 1 aliphatic heterocycles. The van der Waals surface area contributed by atoms with Gasteiger partial charge in [-0.15, -0.1) is 0 Å². The van der Waals surface area contributed by atoms with Gasteiger partial charge in [-0.1, -0.05) is 0 Å². The van der Waals surface area contributed by atoms with Crippen LogP contribution in [0.15, 0.2) is 24.8 Å². The molecule has 0 amide bonds. The van der Waals surface area contributed by atoms with Crippen molar-refractivity contribution in [1.29, 1.82) is 0 Å². The minimum Gasteiger partial charge on any atom is -0.475 e. The second kappa shape index (κ2) is 12.9. The number of aliphatic carboxylic acids is 2. The van der Waals surface area contributed by atoms with Crippen LogP contribution in [0.25, 0.3) is 0 Å². The molecule has 1 unspecified atom stereocenters. The average molecular weight is 515 g/mol. The summed E-state index contributed by atoms with van der Waals surface area (Å²) in [6.07, 6.45) is -4.81. The van der Waals surface area contributed by atoms with Gasteiger partial charge in [0.1, 0.15) is 12.1 Å². The number of hydrogen-bond acceptors (Lipinski definition) is 7. The summed E-state index contributed by atoms with van der Waals surface area (Å²) in [5, 5.41) is 18.8. The predicted molar refractivity (Wildman–Crippen MR) is 108 cm³/mol. The van der Waals surface area contributed by atoms with E-state index >= 15 is 0 Å². The van der Waals surface area contributed by atoms with Crippen molar-refractivity contribution in [3.63, 3.8) is 0 Å². The Morgan fingerprint density at radius 2 is 1.69 bits per heavy atom. The molecule has 1 aliphatic rings. The quantitative estimate of drug-likeness (QED) is 0.577. The largest absolute Gasteiger partial charge is 0.490 e. The number of alkyl halides is 6. The highest BCUT2D eigenvalue weighted by Gasteiger charge is 2.39. The van der Waals surface area contributed by atoms with Crippen LogP contribution in [0.3, 0.4) is 0 Å². The lowest BCUT2D eigenvalue weighted by atomic mass is 9.97. The molecule has 0 fully saturated rings. The standard InChI is InChI=1S/C15H21N5O.2C2HF3O2/c1-3-20-15-12(7-18-20)8-19(9-13(15)10-21-4-2)14-5-6-16-11-17-14;2*3-2(4,5)1(6)7/h5-7,11,13H,3-4,8-10H2,1-2H3;2*(H,6,7).